The molecule has 0 aliphatic rings. The highest BCUT2D eigenvalue weighted by atomic mass is 35.5. The van der Waals surface area contributed by atoms with Crippen molar-refractivity contribution in [1.82, 2.24) is 10.2 Å². The van der Waals surface area contributed by atoms with Gasteiger partial charge < -0.3 is 10.2 Å². The SMILES string of the molecule is CCCNC(=O)C(C)N(Cc1cccc(Cl)c1)C(=O)CN(c1cccc(Cl)c1C)S(=O)(=O)c1ccc(C)cc1. The monoisotopic (exact) mass is 589 g/mol. The summed E-state index contributed by atoms with van der Waals surface area (Å²) < 4.78 is 28.9. The quantitative estimate of drug-likeness (QED) is 0.308. The van der Waals surface area contributed by atoms with E-state index in [4.69, 9.17) is 23.2 Å². The highest BCUT2D eigenvalue weighted by molar-refractivity contribution is 7.92. The Hall–Kier alpha value is -3.07. The molecule has 3 rings (SSSR count). The summed E-state index contributed by atoms with van der Waals surface area (Å²) in [7, 11) is -4.17. The van der Waals surface area contributed by atoms with Gasteiger partial charge in [0.15, 0.2) is 0 Å². The van der Waals surface area contributed by atoms with Crippen molar-refractivity contribution in [3.8, 4) is 0 Å². The molecule has 0 heterocycles. The van der Waals surface area contributed by atoms with Crippen molar-refractivity contribution >= 4 is 50.7 Å². The standard InChI is InChI=1S/C29H33Cl2N3O4S/c1-5-16-32-29(36)22(4)33(18-23-8-6-9-24(30)17-23)28(35)19-34(27-11-7-10-26(31)21(27)3)39(37,38)25-14-12-20(2)13-15-25/h6-15,17,22H,5,16,18-19H2,1-4H3,(H,32,36). The number of hydrogen-bond acceptors (Lipinski definition) is 4. The maximum Gasteiger partial charge on any atom is 0.264 e. The summed E-state index contributed by atoms with van der Waals surface area (Å²) in [4.78, 5) is 28.3. The molecule has 1 atom stereocenters. The molecule has 208 valence electrons. The number of aryl methyl sites for hydroxylation is 1. The van der Waals surface area contributed by atoms with Crippen LogP contribution in [0.15, 0.2) is 71.6 Å². The Bertz CT molecular complexity index is 1430. The summed E-state index contributed by atoms with van der Waals surface area (Å²) in [6, 6.07) is 17.4. The predicted molar refractivity (Wildman–Crippen MR) is 157 cm³/mol. The van der Waals surface area contributed by atoms with Crippen LogP contribution >= 0.6 is 23.2 Å². The average Bonchev–Trinajstić information content (AvgIpc) is 2.90. The number of nitrogens with zero attached hydrogens (tertiary/aromatic N) is 2. The summed E-state index contributed by atoms with van der Waals surface area (Å²) in [5.41, 5.74) is 2.40. The zero-order chi connectivity index (χ0) is 28.7. The summed E-state index contributed by atoms with van der Waals surface area (Å²) in [6.07, 6.45) is 0.733. The maximum atomic E-state index is 13.9. The van der Waals surface area contributed by atoms with Gasteiger partial charge in [0.05, 0.1) is 10.6 Å². The molecular formula is C29H33Cl2N3O4S. The molecule has 0 radical (unpaired) electrons. The van der Waals surface area contributed by atoms with Crippen molar-refractivity contribution in [2.45, 2.75) is 51.6 Å². The van der Waals surface area contributed by atoms with E-state index in [0.717, 1.165) is 16.3 Å². The van der Waals surface area contributed by atoms with Gasteiger partial charge in [-0.3, -0.25) is 13.9 Å². The molecule has 39 heavy (non-hydrogen) atoms. The number of nitrogens with one attached hydrogen (secondary N) is 1. The minimum absolute atomic E-state index is 0.0374. The van der Waals surface area contributed by atoms with E-state index >= 15 is 0 Å². The molecule has 0 fully saturated rings. The van der Waals surface area contributed by atoms with Crippen LogP contribution in [0.5, 0.6) is 0 Å². The molecule has 0 aliphatic heterocycles. The van der Waals surface area contributed by atoms with E-state index in [2.05, 4.69) is 5.32 Å². The normalized spacial score (nSPS) is 12.1. The molecule has 1 unspecified atom stereocenters. The van der Waals surface area contributed by atoms with Crippen LogP contribution in [0.1, 0.15) is 37.0 Å². The minimum Gasteiger partial charge on any atom is -0.354 e. The number of rotatable bonds is 11. The van der Waals surface area contributed by atoms with Gasteiger partial charge in [-0.05, 0) is 74.7 Å². The molecular weight excluding hydrogens is 557 g/mol. The van der Waals surface area contributed by atoms with Gasteiger partial charge in [0.2, 0.25) is 11.8 Å². The summed E-state index contributed by atoms with van der Waals surface area (Å²) in [5.74, 6) is -0.886. The highest BCUT2D eigenvalue weighted by Crippen LogP contribution is 2.31. The summed E-state index contributed by atoms with van der Waals surface area (Å²) in [6.45, 7) is 7.09. The second kappa shape index (κ2) is 13.3. The van der Waals surface area contributed by atoms with E-state index in [0.29, 0.717) is 27.7 Å². The molecule has 10 heteroatoms. The van der Waals surface area contributed by atoms with Gasteiger partial charge in [-0.15, -0.1) is 0 Å². The number of amides is 2. The second-order valence-corrected chi connectivity index (χ2v) is 12.0. The van der Waals surface area contributed by atoms with Crippen LogP contribution in [0.25, 0.3) is 0 Å². The second-order valence-electron chi connectivity index (χ2n) is 9.33. The lowest BCUT2D eigenvalue weighted by Crippen LogP contribution is -2.51. The van der Waals surface area contributed by atoms with Crippen molar-refractivity contribution < 1.29 is 18.0 Å². The number of sulfonamides is 1. The van der Waals surface area contributed by atoms with Gasteiger partial charge in [-0.2, -0.15) is 0 Å². The molecule has 0 aromatic heterocycles. The van der Waals surface area contributed by atoms with Crippen LogP contribution in [-0.4, -0.2) is 44.3 Å². The van der Waals surface area contributed by atoms with E-state index < -0.39 is 28.5 Å². The van der Waals surface area contributed by atoms with Gasteiger partial charge in [-0.1, -0.05) is 66.0 Å². The summed E-state index contributed by atoms with van der Waals surface area (Å²) in [5, 5.41) is 3.67. The molecule has 0 spiro atoms. The average molecular weight is 591 g/mol. The first-order chi connectivity index (χ1) is 18.4. The molecule has 1 N–H and O–H groups in total. The van der Waals surface area contributed by atoms with Gasteiger partial charge >= 0.3 is 0 Å². The topological polar surface area (TPSA) is 86.8 Å². The highest BCUT2D eigenvalue weighted by Gasteiger charge is 2.33. The third kappa shape index (κ3) is 7.53. The van der Waals surface area contributed by atoms with Gasteiger partial charge in [-0.25, -0.2) is 8.42 Å². The Morgan fingerprint density at radius 1 is 0.974 bits per heavy atom. The Labute approximate surface area is 240 Å². The van der Waals surface area contributed by atoms with E-state index in [1.807, 2.05) is 13.8 Å². The van der Waals surface area contributed by atoms with E-state index in [1.54, 1.807) is 68.4 Å². The third-order valence-corrected chi connectivity index (χ3v) is 8.77. The van der Waals surface area contributed by atoms with Crippen LogP contribution in [0.3, 0.4) is 0 Å². The molecule has 0 aliphatic carbocycles. The van der Waals surface area contributed by atoms with Crippen molar-refractivity contribution in [3.05, 3.63) is 93.5 Å². The Morgan fingerprint density at radius 2 is 1.64 bits per heavy atom. The zero-order valence-corrected chi connectivity index (χ0v) is 24.8. The maximum absolute atomic E-state index is 13.9. The fourth-order valence-corrected chi connectivity index (χ4v) is 5.88. The first-order valence-corrected chi connectivity index (χ1v) is 14.8. The van der Waals surface area contributed by atoms with Crippen molar-refractivity contribution in [2.24, 2.45) is 0 Å². The molecule has 2 amide bonds. The lowest BCUT2D eigenvalue weighted by Gasteiger charge is -2.32. The molecule has 3 aromatic carbocycles. The number of halogens is 2. The number of carbonyl (C=O) groups excluding carboxylic acids is 2. The van der Waals surface area contributed by atoms with Gasteiger partial charge in [0.1, 0.15) is 12.6 Å². The van der Waals surface area contributed by atoms with Crippen LogP contribution < -0.4 is 9.62 Å². The predicted octanol–water partition coefficient (Wildman–Crippen LogP) is 5.75. The summed E-state index contributed by atoms with van der Waals surface area (Å²) >= 11 is 12.5. The molecule has 0 saturated heterocycles. The van der Waals surface area contributed by atoms with Crippen LogP contribution in [0.4, 0.5) is 5.69 Å². The first kappa shape index (κ1) is 30.5. The van der Waals surface area contributed by atoms with E-state index in [9.17, 15) is 18.0 Å². The van der Waals surface area contributed by atoms with Crippen molar-refractivity contribution in [2.75, 3.05) is 17.4 Å². The fraction of sp³-hybridized carbons (Fsp3) is 0.310. The minimum atomic E-state index is -4.17. The molecule has 0 saturated carbocycles. The number of benzene rings is 3. The first-order valence-electron chi connectivity index (χ1n) is 12.6. The largest absolute Gasteiger partial charge is 0.354 e. The molecule has 7 nitrogen and oxygen atoms in total. The molecule has 3 aromatic rings. The lowest BCUT2D eigenvalue weighted by atomic mass is 10.1. The third-order valence-electron chi connectivity index (χ3n) is 6.35. The number of carbonyl (C=O) groups is 2. The van der Waals surface area contributed by atoms with E-state index in [1.165, 1.54) is 17.0 Å². The van der Waals surface area contributed by atoms with Crippen molar-refractivity contribution in [3.63, 3.8) is 0 Å². The zero-order valence-electron chi connectivity index (χ0n) is 22.4. The molecule has 0 bridgehead atoms. The van der Waals surface area contributed by atoms with Crippen LogP contribution in [-0.2, 0) is 26.2 Å². The van der Waals surface area contributed by atoms with Gasteiger partial charge in [0.25, 0.3) is 10.0 Å². The Morgan fingerprint density at radius 3 is 2.28 bits per heavy atom. The number of anilines is 1. The van der Waals surface area contributed by atoms with Crippen LogP contribution in [0.2, 0.25) is 10.0 Å². The van der Waals surface area contributed by atoms with Crippen molar-refractivity contribution in [1.29, 1.82) is 0 Å². The fourth-order valence-electron chi connectivity index (χ4n) is 4.03. The lowest BCUT2D eigenvalue weighted by molar-refractivity contribution is -0.139. The van der Waals surface area contributed by atoms with Gasteiger partial charge in [0, 0.05) is 23.1 Å². The van der Waals surface area contributed by atoms with Crippen LogP contribution in [0, 0.1) is 13.8 Å². The Balaban J connectivity index is 2.06. The number of hydrogen-bond donors (Lipinski definition) is 1. The Kier molecular flexibility index (Phi) is 10.4. The van der Waals surface area contributed by atoms with E-state index in [-0.39, 0.29) is 23.0 Å². The smallest absolute Gasteiger partial charge is 0.264 e.